The molecular formula is C21H26N2O4. The Balaban J connectivity index is 1.39. The van der Waals surface area contributed by atoms with Crippen LogP contribution in [0, 0.1) is 0 Å². The second-order valence-corrected chi connectivity index (χ2v) is 6.45. The lowest BCUT2D eigenvalue weighted by molar-refractivity contribution is 0.0827. The van der Waals surface area contributed by atoms with E-state index in [2.05, 4.69) is 5.32 Å². The van der Waals surface area contributed by atoms with Gasteiger partial charge in [-0.25, -0.2) is 4.79 Å². The molecule has 0 aliphatic carbocycles. The fourth-order valence-corrected chi connectivity index (χ4v) is 2.99. The van der Waals surface area contributed by atoms with Crippen LogP contribution in [0.4, 0.5) is 4.79 Å². The van der Waals surface area contributed by atoms with Gasteiger partial charge >= 0.3 is 6.09 Å². The van der Waals surface area contributed by atoms with Crippen molar-refractivity contribution in [3.63, 3.8) is 0 Å². The molecule has 1 heterocycles. The lowest BCUT2D eigenvalue weighted by atomic mass is 10.1. The standard InChI is InChI=1S/C21H26N2O4/c1-25-19-7-9-20(10-8-19)26-14-11-18-15-23(13-12-22-18)21(24)27-16-17-5-3-2-4-6-17/h2-10,18,22H,11-16H2,1H3/t18-/m1/s1. The van der Waals surface area contributed by atoms with Gasteiger partial charge in [-0.05, 0) is 36.2 Å². The Hall–Kier alpha value is -2.73. The van der Waals surface area contributed by atoms with E-state index in [1.54, 1.807) is 12.0 Å². The molecule has 0 radical (unpaired) electrons. The second-order valence-electron chi connectivity index (χ2n) is 6.45. The Morgan fingerprint density at radius 3 is 2.59 bits per heavy atom. The monoisotopic (exact) mass is 370 g/mol. The van der Waals surface area contributed by atoms with Gasteiger partial charge < -0.3 is 24.4 Å². The van der Waals surface area contributed by atoms with Crippen LogP contribution in [0.25, 0.3) is 0 Å². The Bertz CT molecular complexity index is 706. The fourth-order valence-electron chi connectivity index (χ4n) is 2.99. The maximum Gasteiger partial charge on any atom is 0.410 e. The maximum absolute atomic E-state index is 12.3. The summed E-state index contributed by atoms with van der Waals surface area (Å²) in [6.45, 7) is 2.92. The number of hydrogen-bond donors (Lipinski definition) is 1. The number of carbonyl (C=O) groups excluding carboxylic acids is 1. The number of nitrogens with one attached hydrogen (secondary N) is 1. The van der Waals surface area contributed by atoms with Crippen molar-refractivity contribution in [1.82, 2.24) is 10.2 Å². The summed E-state index contributed by atoms with van der Waals surface area (Å²) in [6, 6.07) is 17.4. The van der Waals surface area contributed by atoms with Crippen molar-refractivity contribution in [1.29, 1.82) is 0 Å². The van der Waals surface area contributed by atoms with Crippen LogP contribution in [0.1, 0.15) is 12.0 Å². The first-order valence-corrected chi connectivity index (χ1v) is 9.20. The molecule has 1 amide bonds. The molecule has 0 spiro atoms. The van der Waals surface area contributed by atoms with Gasteiger partial charge in [0.1, 0.15) is 18.1 Å². The van der Waals surface area contributed by atoms with Gasteiger partial charge in [-0.15, -0.1) is 0 Å². The average Bonchev–Trinajstić information content (AvgIpc) is 2.73. The van der Waals surface area contributed by atoms with E-state index in [0.29, 0.717) is 26.3 Å². The Labute approximate surface area is 160 Å². The minimum atomic E-state index is -0.263. The van der Waals surface area contributed by atoms with E-state index < -0.39 is 0 Å². The normalized spacial score (nSPS) is 16.6. The number of methoxy groups -OCH3 is 1. The van der Waals surface area contributed by atoms with E-state index >= 15 is 0 Å². The van der Waals surface area contributed by atoms with Gasteiger partial charge in [0.25, 0.3) is 0 Å². The van der Waals surface area contributed by atoms with Crippen molar-refractivity contribution in [3.8, 4) is 11.5 Å². The van der Waals surface area contributed by atoms with Crippen LogP contribution in [0.15, 0.2) is 54.6 Å². The predicted molar refractivity (Wildman–Crippen MR) is 103 cm³/mol. The highest BCUT2D eigenvalue weighted by Gasteiger charge is 2.24. The first-order valence-electron chi connectivity index (χ1n) is 9.20. The molecule has 0 aromatic heterocycles. The number of ether oxygens (including phenoxy) is 3. The van der Waals surface area contributed by atoms with Crippen molar-refractivity contribution >= 4 is 6.09 Å². The van der Waals surface area contributed by atoms with Gasteiger partial charge in [0.05, 0.1) is 13.7 Å². The highest BCUT2D eigenvalue weighted by Crippen LogP contribution is 2.17. The number of hydrogen-bond acceptors (Lipinski definition) is 5. The summed E-state index contributed by atoms with van der Waals surface area (Å²) in [5.74, 6) is 1.62. The molecule has 2 aromatic carbocycles. The first kappa shape index (κ1) is 19.0. The summed E-state index contributed by atoms with van der Waals surface area (Å²) in [5.41, 5.74) is 0.991. The molecule has 6 nitrogen and oxygen atoms in total. The number of carbonyl (C=O) groups is 1. The fraction of sp³-hybridized carbons (Fsp3) is 0.381. The summed E-state index contributed by atoms with van der Waals surface area (Å²) >= 11 is 0. The molecule has 1 aliphatic rings. The molecule has 6 heteroatoms. The molecule has 1 fully saturated rings. The second kappa shape index (κ2) is 9.83. The Kier molecular flexibility index (Phi) is 6.93. The number of amides is 1. The summed E-state index contributed by atoms with van der Waals surface area (Å²) in [4.78, 5) is 14.1. The predicted octanol–water partition coefficient (Wildman–Crippen LogP) is 3.07. The van der Waals surface area contributed by atoms with Crippen molar-refractivity contribution in [2.24, 2.45) is 0 Å². The molecule has 27 heavy (non-hydrogen) atoms. The molecule has 1 aliphatic heterocycles. The van der Waals surface area contributed by atoms with E-state index in [4.69, 9.17) is 14.2 Å². The third kappa shape index (κ3) is 5.89. The van der Waals surface area contributed by atoms with Crippen molar-refractivity contribution in [3.05, 3.63) is 60.2 Å². The van der Waals surface area contributed by atoms with Crippen molar-refractivity contribution in [2.45, 2.75) is 19.1 Å². The minimum Gasteiger partial charge on any atom is -0.497 e. The van der Waals surface area contributed by atoms with Crippen molar-refractivity contribution < 1.29 is 19.0 Å². The first-order chi connectivity index (χ1) is 13.2. The van der Waals surface area contributed by atoms with E-state index in [0.717, 1.165) is 30.0 Å². The van der Waals surface area contributed by atoms with E-state index in [9.17, 15) is 4.79 Å². The lowest BCUT2D eigenvalue weighted by Crippen LogP contribution is -2.53. The van der Waals surface area contributed by atoms with Gasteiger partial charge in [0.15, 0.2) is 0 Å². The number of benzene rings is 2. The lowest BCUT2D eigenvalue weighted by Gasteiger charge is -2.33. The van der Waals surface area contributed by atoms with Crippen molar-refractivity contribution in [2.75, 3.05) is 33.4 Å². The molecule has 0 bridgehead atoms. The van der Waals surface area contributed by atoms with Gasteiger partial charge in [0.2, 0.25) is 0 Å². The molecule has 0 unspecified atom stereocenters. The summed E-state index contributed by atoms with van der Waals surface area (Å²) < 4.78 is 16.3. The number of nitrogens with zero attached hydrogens (tertiary/aromatic N) is 1. The van der Waals surface area contributed by atoms with Gasteiger partial charge in [0, 0.05) is 25.7 Å². The van der Waals surface area contributed by atoms with Gasteiger partial charge in [-0.3, -0.25) is 0 Å². The van der Waals surface area contributed by atoms with E-state index in [1.807, 2.05) is 54.6 Å². The quantitative estimate of drug-likeness (QED) is 0.812. The topological polar surface area (TPSA) is 60.0 Å². The summed E-state index contributed by atoms with van der Waals surface area (Å²) in [7, 11) is 1.64. The summed E-state index contributed by atoms with van der Waals surface area (Å²) in [6.07, 6.45) is 0.551. The molecule has 0 saturated carbocycles. The van der Waals surface area contributed by atoms with Gasteiger partial charge in [-0.1, -0.05) is 30.3 Å². The van der Waals surface area contributed by atoms with Gasteiger partial charge in [-0.2, -0.15) is 0 Å². The van der Waals surface area contributed by atoms with Crippen LogP contribution in [0.3, 0.4) is 0 Å². The van der Waals surface area contributed by atoms with Crippen LogP contribution < -0.4 is 14.8 Å². The largest absolute Gasteiger partial charge is 0.497 e. The number of rotatable bonds is 7. The van der Waals surface area contributed by atoms with Crippen LogP contribution >= 0.6 is 0 Å². The van der Waals surface area contributed by atoms with Crippen LogP contribution in [0.5, 0.6) is 11.5 Å². The highest BCUT2D eigenvalue weighted by atomic mass is 16.6. The molecule has 2 aromatic rings. The highest BCUT2D eigenvalue weighted by molar-refractivity contribution is 5.67. The molecule has 1 N–H and O–H groups in total. The zero-order chi connectivity index (χ0) is 18.9. The Morgan fingerprint density at radius 1 is 1.11 bits per heavy atom. The molecule has 1 atom stereocenters. The average molecular weight is 370 g/mol. The third-order valence-electron chi connectivity index (χ3n) is 4.51. The zero-order valence-corrected chi connectivity index (χ0v) is 15.6. The third-order valence-corrected chi connectivity index (χ3v) is 4.51. The molecule has 3 rings (SSSR count). The van der Waals surface area contributed by atoms with E-state index in [1.165, 1.54) is 0 Å². The number of piperazine rings is 1. The maximum atomic E-state index is 12.3. The van der Waals surface area contributed by atoms with Crippen LogP contribution in [-0.4, -0.2) is 50.4 Å². The Morgan fingerprint density at radius 2 is 1.85 bits per heavy atom. The van der Waals surface area contributed by atoms with E-state index in [-0.39, 0.29) is 12.1 Å². The molecular weight excluding hydrogens is 344 g/mol. The molecule has 1 saturated heterocycles. The smallest absolute Gasteiger partial charge is 0.410 e. The SMILES string of the molecule is COc1ccc(OCC[C@@H]2CN(C(=O)OCc3ccccc3)CCN2)cc1. The summed E-state index contributed by atoms with van der Waals surface area (Å²) in [5, 5.41) is 3.43. The molecule has 144 valence electrons. The zero-order valence-electron chi connectivity index (χ0n) is 15.6. The van der Waals surface area contributed by atoms with Crippen LogP contribution in [-0.2, 0) is 11.3 Å². The van der Waals surface area contributed by atoms with Crippen LogP contribution in [0.2, 0.25) is 0 Å². The minimum absolute atomic E-state index is 0.196.